The van der Waals surface area contributed by atoms with E-state index in [0.29, 0.717) is 0 Å². The summed E-state index contributed by atoms with van der Waals surface area (Å²) in [6.45, 7) is 1.84. The van der Waals surface area contributed by atoms with Crippen LogP contribution in [0.4, 0.5) is 8.78 Å². The van der Waals surface area contributed by atoms with Crippen LogP contribution in [-0.4, -0.2) is 32.7 Å². The van der Waals surface area contributed by atoms with Gasteiger partial charge in [0.15, 0.2) is 0 Å². The predicted octanol–water partition coefficient (Wildman–Crippen LogP) is 1.55. The van der Waals surface area contributed by atoms with Crippen molar-refractivity contribution in [2.75, 3.05) is 26.8 Å². The lowest BCUT2D eigenvalue weighted by Crippen LogP contribution is -2.13. The van der Waals surface area contributed by atoms with E-state index in [0.717, 1.165) is 19.5 Å². The Morgan fingerprint density at radius 2 is 2.21 bits per heavy atom. The molecule has 2 nitrogen and oxygen atoms in total. The first-order valence-corrected chi connectivity index (χ1v) is 4.75. The molecule has 0 bridgehead atoms. The quantitative estimate of drug-likeness (QED) is 0.790. The molecule has 1 saturated heterocycles. The number of ether oxygens (including phenoxy) is 1. The van der Waals surface area contributed by atoms with Crippen molar-refractivity contribution < 1.29 is 13.5 Å². The molecule has 3 atom stereocenters. The van der Waals surface area contributed by atoms with Gasteiger partial charge in [0.1, 0.15) is 0 Å². The van der Waals surface area contributed by atoms with Crippen LogP contribution in [0.1, 0.15) is 6.42 Å². The van der Waals surface area contributed by atoms with E-state index < -0.39 is 17.8 Å². The fraction of sp³-hybridized carbons (Fsp3) is 1.00. The van der Waals surface area contributed by atoms with Gasteiger partial charge in [-0.25, -0.2) is 8.78 Å². The summed E-state index contributed by atoms with van der Waals surface area (Å²) in [4.78, 5) is 0. The van der Waals surface area contributed by atoms with Gasteiger partial charge < -0.3 is 10.1 Å². The third-order valence-electron chi connectivity index (χ3n) is 3.22. The van der Waals surface area contributed by atoms with Crippen molar-refractivity contribution in [1.29, 1.82) is 0 Å². The molecule has 14 heavy (non-hydrogen) atoms. The molecule has 1 N–H and O–H groups in total. The first-order valence-electron chi connectivity index (χ1n) is 4.75. The van der Waals surface area contributed by atoms with Crippen molar-refractivity contribution in [2.24, 2.45) is 17.8 Å². The average molecular weight is 228 g/mol. The number of hydrogen-bond donors (Lipinski definition) is 1. The van der Waals surface area contributed by atoms with Gasteiger partial charge in [0.2, 0.25) is 0 Å². The largest absolute Gasteiger partial charge is 0.384 e. The maximum atomic E-state index is 13.2. The molecular weight excluding hydrogens is 212 g/mol. The summed E-state index contributed by atoms with van der Waals surface area (Å²) in [6.07, 6.45) is 0.889. The first kappa shape index (κ1) is 12.1. The minimum absolute atomic E-state index is 0. The SMILES string of the molecule is COCC1C(C2CCNC2)C1(F)F.Cl. The normalized spacial score (nSPS) is 39.2. The molecule has 0 amide bonds. The molecule has 1 aliphatic heterocycles. The van der Waals surface area contributed by atoms with Crippen molar-refractivity contribution in [3.8, 4) is 0 Å². The van der Waals surface area contributed by atoms with Crippen molar-refractivity contribution in [3.05, 3.63) is 0 Å². The summed E-state index contributed by atoms with van der Waals surface area (Å²) >= 11 is 0. The zero-order valence-corrected chi connectivity index (χ0v) is 8.95. The number of hydrogen-bond acceptors (Lipinski definition) is 2. The van der Waals surface area contributed by atoms with Gasteiger partial charge >= 0.3 is 0 Å². The van der Waals surface area contributed by atoms with Crippen LogP contribution in [0.25, 0.3) is 0 Å². The summed E-state index contributed by atoms with van der Waals surface area (Å²) in [5, 5.41) is 3.12. The number of halogens is 3. The monoisotopic (exact) mass is 227 g/mol. The minimum Gasteiger partial charge on any atom is -0.384 e. The molecule has 2 aliphatic rings. The zero-order valence-electron chi connectivity index (χ0n) is 8.13. The predicted molar refractivity (Wildman–Crippen MR) is 52.0 cm³/mol. The lowest BCUT2D eigenvalue weighted by Gasteiger charge is -2.05. The molecule has 1 saturated carbocycles. The Balaban J connectivity index is 0.000000980. The molecular formula is C9H16ClF2NO. The molecule has 1 heterocycles. The molecule has 2 fully saturated rings. The molecule has 0 aromatic carbocycles. The number of nitrogens with one attached hydrogen (secondary N) is 1. The molecule has 2 rings (SSSR count). The smallest absolute Gasteiger partial charge is 0.257 e. The van der Waals surface area contributed by atoms with Gasteiger partial charge in [-0.1, -0.05) is 0 Å². The minimum atomic E-state index is -2.47. The van der Waals surface area contributed by atoms with Crippen LogP contribution in [0.3, 0.4) is 0 Å². The Morgan fingerprint density at radius 1 is 1.50 bits per heavy atom. The maximum Gasteiger partial charge on any atom is 0.257 e. The maximum absolute atomic E-state index is 13.2. The van der Waals surface area contributed by atoms with Gasteiger partial charge in [-0.2, -0.15) is 0 Å². The van der Waals surface area contributed by atoms with Crippen LogP contribution in [0.15, 0.2) is 0 Å². The first-order chi connectivity index (χ1) is 6.18. The van der Waals surface area contributed by atoms with Crippen LogP contribution < -0.4 is 5.32 Å². The molecule has 0 radical (unpaired) electrons. The van der Waals surface area contributed by atoms with E-state index in [-0.39, 0.29) is 24.9 Å². The van der Waals surface area contributed by atoms with Gasteiger partial charge in [-0.3, -0.25) is 0 Å². The Labute approximate surface area is 88.8 Å². The summed E-state index contributed by atoms with van der Waals surface area (Å²) in [5.74, 6) is -3.26. The topological polar surface area (TPSA) is 21.3 Å². The molecule has 5 heteroatoms. The fourth-order valence-corrected chi connectivity index (χ4v) is 2.44. The second-order valence-electron chi connectivity index (χ2n) is 4.02. The Bertz CT molecular complexity index is 197. The van der Waals surface area contributed by atoms with E-state index in [9.17, 15) is 8.78 Å². The molecule has 0 spiro atoms. The lowest BCUT2D eigenvalue weighted by molar-refractivity contribution is 0.0590. The van der Waals surface area contributed by atoms with E-state index in [1.807, 2.05) is 0 Å². The van der Waals surface area contributed by atoms with Crippen molar-refractivity contribution in [3.63, 3.8) is 0 Å². The van der Waals surface area contributed by atoms with E-state index in [1.165, 1.54) is 7.11 Å². The van der Waals surface area contributed by atoms with Gasteiger partial charge in [-0.05, 0) is 25.4 Å². The number of methoxy groups -OCH3 is 1. The molecule has 84 valence electrons. The number of rotatable bonds is 3. The van der Waals surface area contributed by atoms with E-state index in [2.05, 4.69) is 5.32 Å². The van der Waals surface area contributed by atoms with Crippen LogP contribution in [-0.2, 0) is 4.74 Å². The van der Waals surface area contributed by atoms with Crippen LogP contribution in [0.5, 0.6) is 0 Å². The zero-order chi connectivity index (χ0) is 9.47. The fourth-order valence-electron chi connectivity index (χ4n) is 2.44. The van der Waals surface area contributed by atoms with Gasteiger partial charge in [0, 0.05) is 13.0 Å². The second kappa shape index (κ2) is 4.29. The van der Waals surface area contributed by atoms with Crippen molar-refractivity contribution in [1.82, 2.24) is 5.32 Å². The Hall–Kier alpha value is 0.0700. The van der Waals surface area contributed by atoms with E-state index in [4.69, 9.17) is 4.74 Å². The molecule has 3 unspecified atom stereocenters. The van der Waals surface area contributed by atoms with Crippen molar-refractivity contribution in [2.45, 2.75) is 12.3 Å². The molecule has 0 aromatic heterocycles. The highest BCUT2D eigenvalue weighted by atomic mass is 35.5. The third-order valence-corrected chi connectivity index (χ3v) is 3.22. The van der Waals surface area contributed by atoms with Crippen molar-refractivity contribution >= 4 is 12.4 Å². The average Bonchev–Trinajstić information content (AvgIpc) is 2.56. The third kappa shape index (κ3) is 1.88. The summed E-state index contributed by atoms with van der Waals surface area (Å²) in [7, 11) is 1.48. The summed E-state index contributed by atoms with van der Waals surface area (Å²) < 4.78 is 31.2. The van der Waals surface area contributed by atoms with Crippen LogP contribution in [0, 0.1) is 17.8 Å². The van der Waals surface area contributed by atoms with E-state index >= 15 is 0 Å². The highest BCUT2D eigenvalue weighted by Crippen LogP contribution is 2.59. The van der Waals surface area contributed by atoms with Gasteiger partial charge in [-0.15, -0.1) is 12.4 Å². The lowest BCUT2D eigenvalue weighted by atomic mass is 10.0. The highest BCUT2D eigenvalue weighted by molar-refractivity contribution is 5.85. The summed E-state index contributed by atoms with van der Waals surface area (Å²) in [5.41, 5.74) is 0. The summed E-state index contributed by atoms with van der Waals surface area (Å²) in [6, 6.07) is 0. The number of alkyl halides is 2. The van der Waals surface area contributed by atoms with Gasteiger partial charge in [0.05, 0.1) is 12.5 Å². The Kier molecular flexibility index (Phi) is 3.72. The van der Waals surface area contributed by atoms with Crippen LogP contribution in [0.2, 0.25) is 0 Å². The second-order valence-corrected chi connectivity index (χ2v) is 4.02. The Morgan fingerprint density at radius 3 is 2.71 bits per heavy atom. The molecule has 1 aliphatic carbocycles. The van der Waals surface area contributed by atoms with E-state index in [1.54, 1.807) is 0 Å². The standard InChI is InChI=1S/C9H15F2NO.ClH/c1-13-5-7-8(9(7,10)11)6-2-3-12-4-6;/h6-8,12H,2-5H2,1H3;1H. The molecule has 0 aromatic rings. The van der Waals surface area contributed by atoms with Crippen LogP contribution >= 0.6 is 12.4 Å². The van der Waals surface area contributed by atoms with Gasteiger partial charge in [0.25, 0.3) is 5.92 Å². The highest BCUT2D eigenvalue weighted by Gasteiger charge is 2.70.